The molecule has 32 heavy (non-hydrogen) atoms. The van der Waals surface area contributed by atoms with Gasteiger partial charge in [0.1, 0.15) is 11.8 Å². The third-order valence-corrected chi connectivity index (χ3v) is 7.76. The Morgan fingerprint density at radius 2 is 1.88 bits per heavy atom. The summed E-state index contributed by atoms with van der Waals surface area (Å²) in [5, 5.41) is 8.33. The minimum atomic E-state index is -0.205. The van der Waals surface area contributed by atoms with Crippen molar-refractivity contribution >= 4 is 28.9 Å². The van der Waals surface area contributed by atoms with E-state index in [2.05, 4.69) is 4.90 Å². The highest BCUT2D eigenvalue weighted by Crippen LogP contribution is 2.34. The van der Waals surface area contributed by atoms with Crippen LogP contribution < -0.4 is 0 Å². The van der Waals surface area contributed by atoms with E-state index >= 15 is 0 Å². The monoisotopic (exact) mass is 454 g/mol. The first kappa shape index (κ1) is 21.4. The molecule has 2 aromatic heterocycles. The molecule has 1 aliphatic carbocycles. The fourth-order valence-electron chi connectivity index (χ4n) is 5.03. The van der Waals surface area contributed by atoms with E-state index in [0.717, 1.165) is 42.3 Å². The smallest absolute Gasteiger partial charge is 0.257 e. The molecule has 2 aliphatic heterocycles. The maximum absolute atomic E-state index is 13.3. The Labute approximate surface area is 192 Å². The largest absolute Gasteiger partial charge is 0.467 e. The van der Waals surface area contributed by atoms with Crippen LogP contribution in [0.4, 0.5) is 0 Å². The normalized spacial score (nSPS) is 22.9. The molecule has 8 heteroatoms. The van der Waals surface area contributed by atoms with E-state index in [4.69, 9.17) is 9.52 Å². The fourth-order valence-corrected chi connectivity index (χ4v) is 5.75. The Hall–Kier alpha value is -2.45. The van der Waals surface area contributed by atoms with Crippen LogP contribution in [0.15, 0.2) is 45.4 Å². The topological polar surface area (TPSA) is 69.4 Å². The zero-order valence-electron chi connectivity index (χ0n) is 18.3. The van der Waals surface area contributed by atoms with Crippen molar-refractivity contribution < 1.29 is 14.0 Å². The van der Waals surface area contributed by atoms with Gasteiger partial charge in [0, 0.05) is 38.5 Å². The number of hydrogen-bond acceptors (Lipinski definition) is 6. The first-order valence-electron chi connectivity index (χ1n) is 11.7. The van der Waals surface area contributed by atoms with Gasteiger partial charge in [0.15, 0.2) is 0 Å². The first-order chi connectivity index (χ1) is 15.7. The SMILES string of the molecule is O=C(C1CCCCC1)N1CCN(CC(=O)N2N=C(c3cccs3)CC2c2ccco2)CC1. The van der Waals surface area contributed by atoms with Gasteiger partial charge in [-0.1, -0.05) is 25.3 Å². The Kier molecular flexibility index (Phi) is 6.41. The van der Waals surface area contributed by atoms with Crippen molar-refractivity contribution in [2.75, 3.05) is 32.7 Å². The maximum Gasteiger partial charge on any atom is 0.257 e. The predicted octanol–water partition coefficient (Wildman–Crippen LogP) is 3.74. The van der Waals surface area contributed by atoms with Gasteiger partial charge in [-0.15, -0.1) is 11.3 Å². The Morgan fingerprint density at radius 3 is 2.56 bits per heavy atom. The third kappa shape index (κ3) is 4.52. The highest BCUT2D eigenvalue weighted by Gasteiger charge is 2.36. The molecule has 5 rings (SSSR count). The molecule has 4 heterocycles. The van der Waals surface area contributed by atoms with Crippen LogP contribution in [0.1, 0.15) is 55.2 Å². The summed E-state index contributed by atoms with van der Waals surface area (Å²) in [5.41, 5.74) is 0.928. The van der Waals surface area contributed by atoms with Crippen molar-refractivity contribution in [3.8, 4) is 0 Å². The fraction of sp³-hybridized carbons (Fsp3) is 0.542. The average Bonchev–Trinajstić information content (AvgIpc) is 3.61. The quantitative estimate of drug-likeness (QED) is 0.690. The lowest BCUT2D eigenvalue weighted by Gasteiger charge is -2.37. The number of hydrazone groups is 1. The van der Waals surface area contributed by atoms with E-state index in [9.17, 15) is 9.59 Å². The van der Waals surface area contributed by atoms with Crippen LogP contribution in [0.5, 0.6) is 0 Å². The Morgan fingerprint density at radius 1 is 1.06 bits per heavy atom. The minimum Gasteiger partial charge on any atom is -0.467 e. The molecule has 170 valence electrons. The van der Waals surface area contributed by atoms with Gasteiger partial charge in [-0.2, -0.15) is 5.10 Å². The molecule has 1 atom stereocenters. The van der Waals surface area contributed by atoms with Crippen molar-refractivity contribution in [2.24, 2.45) is 11.0 Å². The highest BCUT2D eigenvalue weighted by molar-refractivity contribution is 7.12. The van der Waals surface area contributed by atoms with Gasteiger partial charge in [0.2, 0.25) is 5.91 Å². The second-order valence-corrected chi connectivity index (χ2v) is 9.88. The van der Waals surface area contributed by atoms with E-state index < -0.39 is 0 Å². The maximum atomic E-state index is 13.3. The number of hydrogen-bond donors (Lipinski definition) is 0. The molecule has 2 fully saturated rings. The first-order valence-corrected chi connectivity index (χ1v) is 12.5. The summed E-state index contributed by atoms with van der Waals surface area (Å²) < 4.78 is 5.63. The van der Waals surface area contributed by atoms with E-state index in [1.165, 1.54) is 19.3 Å². The molecule has 1 saturated carbocycles. The number of amides is 2. The standard InChI is InChI=1S/C24H30N4O3S/c29-23(17-26-10-12-27(13-11-26)24(30)18-6-2-1-3-7-18)28-20(21-8-4-14-31-21)16-19(25-28)22-9-5-15-32-22/h4-5,8-9,14-15,18,20H,1-3,6-7,10-13,16-17H2. The second kappa shape index (κ2) is 9.58. The molecule has 0 N–H and O–H groups in total. The Balaban J connectivity index is 1.20. The van der Waals surface area contributed by atoms with Gasteiger partial charge in [-0.3, -0.25) is 14.5 Å². The molecule has 0 aromatic carbocycles. The Bertz CT molecular complexity index is 942. The summed E-state index contributed by atoms with van der Waals surface area (Å²) in [6.45, 7) is 3.17. The number of piperazine rings is 1. The summed E-state index contributed by atoms with van der Waals surface area (Å²) in [6.07, 6.45) is 7.96. The van der Waals surface area contributed by atoms with Gasteiger partial charge < -0.3 is 9.32 Å². The van der Waals surface area contributed by atoms with Crippen LogP contribution in [-0.2, 0) is 9.59 Å². The second-order valence-electron chi connectivity index (χ2n) is 8.93. The van der Waals surface area contributed by atoms with Crippen LogP contribution in [0.2, 0.25) is 0 Å². The summed E-state index contributed by atoms with van der Waals surface area (Å²) in [4.78, 5) is 31.3. The number of rotatable bonds is 5. The van der Waals surface area contributed by atoms with Crippen molar-refractivity contribution in [3.63, 3.8) is 0 Å². The number of nitrogens with zero attached hydrogens (tertiary/aromatic N) is 4. The van der Waals surface area contributed by atoms with Gasteiger partial charge in [-0.05, 0) is 36.4 Å². The summed E-state index contributed by atoms with van der Waals surface area (Å²) in [5.74, 6) is 1.26. The van der Waals surface area contributed by atoms with Crippen LogP contribution in [0.3, 0.4) is 0 Å². The van der Waals surface area contributed by atoms with Crippen molar-refractivity contribution in [3.05, 3.63) is 46.5 Å². The van der Waals surface area contributed by atoms with E-state index in [-0.39, 0.29) is 17.9 Å². The average molecular weight is 455 g/mol. The number of furan rings is 1. The molecule has 0 spiro atoms. The van der Waals surface area contributed by atoms with Crippen LogP contribution in [0.25, 0.3) is 0 Å². The van der Waals surface area contributed by atoms with Gasteiger partial charge >= 0.3 is 0 Å². The minimum absolute atomic E-state index is 0.0231. The van der Waals surface area contributed by atoms with Gasteiger partial charge in [-0.25, -0.2) is 5.01 Å². The van der Waals surface area contributed by atoms with Crippen molar-refractivity contribution in [1.29, 1.82) is 0 Å². The van der Waals surface area contributed by atoms with Gasteiger partial charge in [0.25, 0.3) is 5.91 Å². The van der Waals surface area contributed by atoms with Crippen LogP contribution in [0, 0.1) is 5.92 Å². The van der Waals surface area contributed by atoms with E-state index in [1.54, 1.807) is 22.6 Å². The molecule has 2 amide bonds. The molecule has 0 bridgehead atoms. The zero-order chi connectivity index (χ0) is 21.9. The molecule has 1 unspecified atom stereocenters. The highest BCUT2D eigenvalue weighted by atomic mass is 32.1. The summed E-state index contributed by atoms with van der Waals surface area (Å²) >= 11 is 1.64. The van der Waals surface area contributed by atoms with E-state index in [1.807, 2.05) is 34.5 Å². The lowest BCUT2D eigenvalue weighted by molar-refractivity contribution is -0.139. The number of thiophene rings is 1. The molecular formula is C24H30N4O3S. The van der Waals surface area contributed by atoms with Gasteiger partial charge in [0.05, 0.1) is 23.4 Å². The molecule has 0 radical (unpaired) electrons. The summed E-state index contributed by atoms with van der Waals surface area (Å²) in [7, 11) is 0. The predicted molar refractivity (Wildman–Crippen MR) is 123 cm³/mol. The molecule has 7 nitrogen and oxygen atoms in total. The lowest BCUT2D eigenvalue weighted by atomic mass is 9.88. The number of carbonyl (C=O) groups is 2. The number of carbonyl (C=O) groups excluding carboxylic acids is 2. The zero-order valence-corrected chi connectivity index (χ0v) is 19.1. The summed E-state index contributed by atoms with van der Waals surface area (Å²) in [6, 6.07) is 7.60. The van der Waals surface area contributed by atoms with E-state index in [0.29, 0.717) is 32.0 Å². The molecule has 2 aromatic rings. The van der Waals surface area contributed by atoms with Crippen LogP contribution in [-0.4, -0.2) is 65.1 Å². The molecular weight excluding hydrogens is 424 g/mol. The van der Waals surface area contributed by atoms with Crippen molar-refractivity contribution in [2.45, 2.75) is 44.6 Å². The molecule has 3 aliphatic rings. The van der Waals surface area contributed by atoms with Crippen LogP contribution >= 0.6 is 11.3 Å². The van der Waals surface area contributed by atoms with Crippen molar-refractivity contribution in [1.82, 2.24) is 14.8 Å². The lowest BCUT2D eigenvalue weighted by Crippen LogP contribution is -2.52. The molecule has 1 saturated heterocycles. The third-order valence-electron chi connectivity index (χ3n) is 6.84.